The van der Waals surface area contributed by atoms with Crippen molar-refractivity contribution in [3.8, 4) is 0 Å². The zero-order valence-corrected chi connectivity index (χ0v) is 9.20. The smallest absolute Gasteiger partial charge is 0.407 e. The van der Waals surface area contributed by atoms with E-state index in [1.807, 2.05) is 27.7 Å². The highest BCUT2D eigenvalue weighted by molar-refractivity contribution is 5.68. The van der Waals surface area contributed by atoms with E-state index in [-0.39, 0.29) is 6.04 Å². The molecule has 14 heavy (non-hydrogen) atoms. The molecule has 82 valence electrons. The summed E-state index contributed by atoms with van der Waals surface area (Å²) in [5.74, 6) is 0. The third kappa shape index (κ3) is 7.46. The molecule has 0 aromatic heterocycles. The molecule has 0 aliphatic rings. The summed E-state index contributed by atoms with van der Waals surface area (Å²) in [6.45, 7) is 7.27. The maximum absolute atomic E-state index is 11.2. The third-order valence-electron chi connectivity index (χ3n) is 1.36. The summed E-state index contributed by atoms with van der Waals surface area (Å²) < 4.78 is 5.05. The van der Waals surface area contributed by atoms with E-state index in [1.54, 1.807) is 6.08 Å². The van der Waals surface area contributed by atoms with E-state index >= 15 is 0 Å². The molecule has 0 aromatic carbocycles. The predicted octanol–water partition coefficient (Wildman–Crippen LogP) is 2.36. The second-order valence-corrected chi connectivity index (χ2v) is 4.17. The minimum Gasteiger partial charge on any atom is -0.516 e. The molecule has 2 N–H and O–H groups in total. The van der Waals surface area contributed by atoms with Crippen LogP contribution < -0.4 is 5.32 Å². The zero-order valence-electron chi connectivity index (χ0n) is 9.20. The highest BCUT2D eigenvalue weighted by Gasteiger charge is 2.16. The normalized spacial score (nSPS) is 14.0. The van der Waals surface area contributed by atoms with Crippen LogP contribution in [-0.4, -0.2) is 22.8 Å². The number of aliphatic hydroxyl groups excluding tert-OH is 1. The van der Waals surface area contributed by atoms with Crippen LogP contribution in [-0.2, 0) is 4.74 Å². The van der Waals surface area contributed by atoms with Crippen LogP contribution in [0.2, 0.25) is 0 Å². The molecule has 0 bridgehead atoms. The summed E-state index contributed by atoms with van der Waals surface area (Å²) in [6.07, 6.45) is 2.68. The van der Waals surface area contributed by atoms with Crippen LogP contribution in [0.4, 0.5) is 4.79 Å². The average Bonchev–Trinajstić information content (AvgIpc) is 1.96. The Hall–Kier alpha value is -1.19. The Kier molecular flexibility index (Phi) is 5.05. The molecule has 4 nitrogen and oxygen atoms in total. The van der Waals surface area contributed by atoms with Gasteiger partial charge in [-0.1, -0.05) is 0 Å². The van der Waals surface area contributed by atoms with Crippen LogP contribution in [0.1, 0.15) is 34.1 Å². The fourth-order valence-corrected chi connectivity index (χ4v) is 0.833. The lowest BCUT2D eigenvalue weighted by Crippen LogP contribution is -2.37. The number of ether oxygens (including phenoxy) is 1. The molecule has 0 saturated heterocycles. The molecule has 1 atom stereocenters. The number of carbonyl (C=O) groups excluding carboxylic acids is 1. The summed E-state index contributed by atoms with van der Waals surface area (Å²) >= 11 is 0. The molecule has 0 fully saturated rings. The number of amides is 1. The number of aliphatic hydroxyl groups is 1. The monoisotopic (exact) mass is 201 g/mol. The molecule has 0 radical (unpaired) electrons. The van der Waals surface area contributed by atoms with Gasteiger partial charge in [-0.25, -0.2) is 4.79 Å². The maximum Gasteiger partial charge on any atom is 0.407 e. The van der Waals surface area contributed by atoms with Crippen LogP contribution in [0, 0.1) is 0 Å². The lowest BCUT2D eigenvalue weighted by atomic mass is 10.2. The van der Waals surface area contributed by atoms with Gasteiger partial charge in [-0.2, -0.15) is 0 Å². The summed E-state index contributed by atoms with van der Waals surface area (Å²) in [6, 6.07) is -0.0479. The molecule has 0 aliphatic heterocycles. The standard InChI is InChI=1S/C10H19NO3/c1-8(6-5-7-12)11-9(13)14-10(2,3)4/h5,7-8,12H,6H2,1-4H3,(H,11,13)/t8-/m0/s1. The van der Waals surface area contributed by atoms with Crippen LogP contribution in [0.25, 0.3) is 0 Å². The van der Waals surface area contributed by atoms with Crippen LogP contribution in [0.15, 0.2) is 12.3 Å². The van der Waals surface area contributed by atoms with Gasteiger partial charge in [-0.15, -0.1) is 0 Å². The van der Waals surface area contributed by atoms with Gasteiger partial charge in [0, 0.05) is 6.04 Å². The average molecular weight is 201 g/mol. The number of nitrogens with one attached hydrogen (secondary N) is 1. The highest BCUT2D eigenvalue weighted by atomic mass is 16.6. The van der Waals surface area contributed by atoms with Crippen LogP contribution >= 0.6 is 0 Å². The third-order valence-corrected chi connectivity index (χ3v) is 1.36. The second-order valence-electron chi connectivity index (χ2n) is 4.17. The van der Waals surface area contributed by atoms with E-state index in [4.69, 9.17) is 9.84 Å². The Morgan fingerprint density at radius 1 is 1.57 bits per heavy atom. The van der Waals surface area contributed by atoms with Gasteiger partial charge >= 0.3 is 6.09 Å². The van der Waals surface area contributed by atoms with Crippen molar-refractivity contribution < 1.29 is 14.6 Å². The van der Waals surface area contributed by atoms with Crippen LogP contribution in [0.3, 0.4) is 0 Å². The largest absolute Gasteiger partial charge is 0.516 e. The zero-order chi connectivity index (χ0) is 11.2. The van der Waals surface area contributed by atoms with Gasteiger partial charge in [-0.05, 0) is 40.2 Å². The first kappa shape index (κ1) is 12.8. The minimum atomic E-state index is -0.476. The van der Waals surface area contributed by atoms with Crippen molar-refractivity contribution in [2.45, 2.75) is 45.8 Å². The number of carbonyl (C=O) groups is 1. The Bertz CT molecular complexity index is 206. The molecule has 0 spiro atoms. The molecule has 0 unspecified atom stereocenters. The number of hydrogen-bond acceptors (Lipinski definition) is 3. The summed E-state index contributed by atoms with van der Waals surface area (Å²) in [4.78, 5) is 11.2. The number of hydrogen-bond donors (Lipinski definition) is 2. The first-order valence-corrected chi connectivity index (χ1v) is 4.64. The van der Waals surface area contributed by atoms with E-state index < -0.39 is 11.7 Å². The van der Waals surface area contributed by atoms with Gasteiger partial charge in [0.15, 0.2) is 0 Å². The molecule has 0 aromatic rings. The van der Waals surface area contributed by atoms with Crippen molar-refractivity contribution in [2.75, 3.05) is 0 Å². The summed E-state index contributed by atoms with van der Waals surface area (Å²) in [7, 11) is 0. The lowest BCUT2D eigenvalue weighted by Gasteiger charge is -2.21. The Morgan fingerprint density at radius 3 is 2.57 bits per heavy atom. The van der Waals surface area contributed by atoms with E-state index in [0.717, 1.165) is 6.26 Å². The number of alkyl carbamates (subject to hydrolysis) is 1. The van der Waals surface area contributed by atoms with Gasteiger partial charge < -0.3 is 15.2 Å². The SMILES string of the molecule is C[C@@H](CC=CO)NC(=O)OC(C)(C)C. The topological polar surface area (TPSA) is 58.6 Å². The van der Waals surface area contributed by atoms with E-state index in [1.165, 1.54) is 0 Å². The quantitative estimate of drug-likeness (QED) is 0.689. The first-order chi connectivity index (χ1) is 6.35. The Labute approximate surface area is 85.0 Å². The fraction of sp³-hybridized carbons (Fsp3) is 0.700. The molecule has 0 saturated carbocycles. The first-order valence-electron chi connectivity index (χ1n) is 4.64. The van der Waals surface area contributed by atoms with Gasteiger partial charge in [0.2, 0.25) is 0 Å². The van der Waals surface area contributed by atoms with Crippen molar-refractivity contribution >= 4 is 6.09 Å². The van der Waals surface area contributed by atoms with Crippen molar-refractivity contribution in [3.05, 3.63) is 12.3 Å². The van der Waals surface area contributed by atoms with Crippen molar-refractivity contribution in [1.82, 2.24) is 5.32 Å². The van der Waals surface area contributed by atoms with E-state index in [9.17, 15) is 4.79 Å². The molecule has 4 heteroatoms. The van der Waals surface area contributed by atoms with Gasteiger partial charge in [0.1, 0.15) is 5.60 Å². The van der Waals surface area contributed by atoms with Gasteiger partial charge in [0.25, 0.3) is 0 Å². The fourth-order valence-electron chi connectivity index (χ4n) is 0.833. The van der Waals surface area contributed by atoms with Crippen LogP contribution in [0.5, 0.6) is 0 Å². The van der Waals surface area contributed by atoms with E-state index in [0.29, 0.717) is 6.42 Å². The molecular weight excluding hydrogens is 182 g/mol. The summed E-state index contributed by atoms with van der Waals surface area (Å²) in [5.41, 5.74) is -0.476. The molecule has 0 rings (SSSR count). The number of rotatable bonds is 3. The van der Waals surface area contributed by atoms with Crippen molar-refractivity contribution in [3.63, 3.8) is 0 Å². The van der Waals surface area contributed by atoms with Crippen molar-refractivity contribution in [1.29, 1.82) is 0 Å². The highest BCUT2D eigenvalue weighted by Crippen LogP contribution is 2.07. The van der Waals surface area contributed by atoms with Crippen molar-refractivity contribution in [2.24, 2.45) is 0 Å². The molecular formula is C10H19NO3. The second kappa shape index (κ2) is 5.52. The van der Waals surface area contributed by atoms with E-state index in [2.05, 4.69) is 5.32 Å². The minimum absolute atomic E-state index is 0.0479. The Morgan fingerprint density at radius 2 is 2.14 bits per heavy atom. The molecule has 0 aliphatic carbocycles. The van der Waals surface area contributed by atoms with Gasteiger partial charge in [-0.3, -0.25) is 0 Å². The maximum atomic E-state index is 11.2. The molecule has 0 heterocycles. The lowest BCUT2D eigenvalue weighted by molar-refractivity contribution is 0.0509. The van der Waals surface area contributed by atoms with Gasteiger partial charge in [0.05, 0.1) is 6.26 Å². The molecule has 1 amide bonds. The Balaban J connectivity index is 3.83. The predicted molar refractivity (Wildman–Crippen MR) is 55.2 cm³/mol. The summed E-state index contributed by atoms with van der Waals surface area (Å²) in [5, 5.41) is 11.1.